The molecule has 0 spiro atoms. The number of carbonyl (C=O) groups excluding carboxylic acids is 1. The molecule has 0 bridgehead atoms. The van der Waals surface area contributed by atoms with Crippen LogP contribution in [0.4, 0.5) is 39.5 Å². The SMILES string of the molecule is CCOC(=O)CCCCCCN(C)C(CC)c1ccc(C(F)(F)F)cc1CCN(CC1=CC(C(F)(F)F)CCC(C(F)(F)F)=C1)/C(N)=N/N(C)N. The molecule has 51 heavy (non-hydrogen) atoms. The number of halogens is 9. The van der Waals surface area contributed by atoms with Gasteiger partial charge in [0, 0.05) is 38.2 Å². The summed E-state index contributed by atoms with van der Waals surface area (Å²) < 4.78 is 129. The van der Waals surface area contributed by atoms with Gasteiger partial charge in [0.1, 0.15) is 0 Å². The molecule has 1 aromatic carbocycles. The lowest BCUT2D eigenvalue weighted by Crippen LogP contribution is -2.42. The van der Waals surface area contributed by atoms with E-state index >= 15 is 0 Å². The smallest absolute Gasteiger partial charge is 0.416 e. The average Bonchev–Trinajstić information content (AvgIpc) is 3.24. The Balaban J connectivity index is 2.41. The van der Waals surface area contributed by atoms with Gasteiger partial charge in [0.2, 0.25) is 5.96 Å². The number of benzene rings is 1. The van der Waals surface area contributed by atoms with Gasteiger partial charge in [0.25, 0.3) is 0 Å². The van der Waals surface area contributed by atoms with E-state index in [2.05, 4.69) is 5.10 Å². The monoisotopic (exact) mass is 744 g/mol. The van der Waals surface area contributed by atoms with Crippen LogP contribution < -0.4 is 11.6 Å². The molecule has 2 atom stereocenters. The van der Waals surface area contributed by atoms with Gasteiger partial charge in [-0.05, 0) is 93.9 Å². The van der Waals surface area contributed by atoms with Gasteiger partial charge in [-0.3, -0.25) is 9.69 Å². The first kappa shape index (κ1) is 43.7. The lowest BCUT2D eigenvalue weighted by molar-refractivity contribution is -0.163. The first-order valence-electron chi connectivity index (χ1n) is 16.9. The number of carbonyl (C=O) groups is 1. The molecule has 2 rings (SSSR count). The average molecular weight is 745 g/mol. The fourth-order valence-electron chi connectivity index (χ4n) is 6.02. The lowest BCUT2D eigenvalue weighted by atomic mass is 9.93. The Morgan fingerprint density at radius 1 is 0.980 bits per heavy atom. The van der Waals surface area contributed by atoms with Crippen LogP contribution in [-0.2, 0) is 22.1 Å². The minimum absolute atomic E-state index is 0.103. The first-order valence-corrected chi connectivity index (χ1v) is 16.9. The summed E-state index contributed by atoms with van der Waals surface area (Å²) >= 11 is 0. The van der Waals surface area contributed by atoms with Crippen LogP contribution >= 0.6 is 0 Å². The predicted molar refractivity (Wildman–Crippen MR) is 177 cm³/mol. The Hall–Kier alpha value is -3.47. The van der Waals surface area contributed by atoms with Crippen LogP contribution in [0.1, 0.15) is 87.9 Å². The Morgan fingerprint density at radius 3 is 2.22 bits per heavy atom. The van der Waals surface area contributed by atoms with Crippen LogP contribution in [0.2, 0.25) is 0 Å². The molecule has 0 aliphatic heterocycles. The highest BCUT2D eigenvalue weighted by molar-refractivity contribution is 5.78. The Kier molecular flexibility index (Phi) is 16.6. The predicted octanol–water partition coefficient (Wildman–Crippen LogP) is 7.87. The van der Waals surface area contributed by atoms with Gasteiger partial charge < -0.3 is 15.4 Å². The number of nitrogens with two attached hydrogens (primary N) is 2. The summed E-state index contributed by atoms with van der Waals surface area (Å²) in [5.74, 6) is 2.83. The number of hydrazine groups is 1. The second kappa shape index (κ2) is 19.4. The van der Waals surface area contributed by atoms with E-state index in [0.29, 0.717) is 44.1 Å². The minimum atomic E-state index is -4.88. The maximum Gasteiger partial charge on any atom is 0.416 e. The van der Waals surface area contributed by atoms with Gasteiger partial charge >= 0.3 is 24.5 Å². The molecule has 1 aromatic rings. The van der Waals surface area contributed by atoms with E-state index in [1.54, 1.807) is 6.92 Å². The summed E-state index contributed by atoms with van der Waals surface area (Å²) in [6.45, 7) is 3.79. The molecule has 0 heterocycles. The molecule has 1 aliphatic rings. The van der Waals surface area contributed by atoms with Crippen molar-refractivity contribution in [2.75, 3.05) is 40.3 Å². The first-order chi connectivity index (χ1) is 23.7. The number of allylic oxidation sites excluding steroid dienone is 2. The third-order valence-corrected chi connectivity index (χ3v) is 8.59. The van der Waals surface area contributed by atoms with Crippen LogP contribution in [0.3, 0.4) is 0 Å². The number of nitrogens with zero attached hydrogens (tertiary/aromatic N) is 4. The second-order valence-electron chi connectivity index (χ2n) is 12.6. The summed E-state index contributed by atoms with van der Waals surface area (Å²) in [6.07, 6.45) is -10.8. The van der Waals surface area contributed by atoms with E-state index in [1.165, 1.54) is 18.0 Å². The van der Waals surface area contributed by atoms with E-state index in [-0.39, 0.29) is 42.1 Å². The molecule has 290 valence electrons. The number of hydrazone groups is 1. The van der Waals surface area contributed by atoms with Gasteiger partial charge in [-0.2, -0.15) is 39.5 Å². The fraction of sp³-hybridized carbons (Fsp3) is 0.647. The molecule has 0 saturated carbocycles. The lowest BCUT2D eigenvalue weighted by Gasteiger charge is -2.31. The summed E-state index contributed by atoms with van der Waals surface area (Å²) in [4.78, 5) is 14.8. The zero-order valence-corrected chi connectivity index (χ0v) is 29.4. The van der Waals surface area contributed by atoms with Gasteiger partial charge in [-0.1, -0.05) is 31.9 Å². The van der Waals surface area contributed by atoms with Crippen molar-refractivity contribution in [3.8, 4) is 0 Å². The van der Waals surface area contributed by atoms with E-state index in [1.807, 2.05) is 18.9 Å². The number of ether oxygens (including phenoxy) is 1. The van der Waals surface area contributed by atoms with Crippen LogP contribution in [0.25, 0.3) is 0 Å². The van der Waals surface area contributed by atoms with E-state index < -0.39 is 55.0 Å². The molecular formula is C34H49F9N6O2. The molecule has 4 N–H and O–H groups in total. The van der Waals surface area contributed by atoms with Crippen molar-refractivity contribution in [3.05, 3.63) is 58.2 Å². The van der Waals surface area contributed by atoms with Crippen molar-refractivity contribution in [2.24, 2.45) is 22.6 Å². The van der Waals surface area contributed by atoms with Crippen LogP contribution in [0.5, 0.6) is 0 Å². The molecule has 17 heteroatoms. The van der Waals surface area contributed by atoms with E-state index in [4.69, 9.17) is 16.3 Å². The highest BCUT2D eigenvalue weighted by Crippen LogP contribution is 2.40. The molecule has 0 saturated heterocycles. The number of rotatable bonds is 17. The Labute approximate surface area is 293 Å². The maximum atomic E-state index is 13.9. The number of hydrogen-bond acceptors (Lipinski definition) is 6. The maximum absolute atomic E-state index is 13.9. The number of esters is 1. The molecule has 2 unspecified atom stereocenters. The van der Waals surface area contributed by atoms with Crippen LogP contribution in [-0.4, -0.2) is 79.5 Å². The molecule has 0 amide bonds. The van der Waals surface area contributed by atoms with Crippen molar-refractivity contribution >= 4 is 11.9 Å². The Bertz CT molecular complexity index is 1360. The standard InChI is InChI=1S/C34H49F9N6O2/c1-5-29(47(3)17-10-8-7-9-11-30(50)51-6-2)28-15-14-27(34(41,42)43)21-24(28)16-18-49(31(44)46-48(4)45)22-23-19-25(32(35,36)37)12-13-26(20-23)33(38,39)40/h14-15,19-21,25,29H,5-13,16-18,22,45H2,1-4H3,(H2,44,46). The van der Waals surface area contributed by atoms with Gasteiger partial charge in [-0.15, -0.1) is 5.10 Å². The topological polar surface area (TPSA) is 100 Å². The van der Waals surface area contributed by atoms with Crippen molar-refractivity contribution in [1.29, 1.82) is 0 Å². The van der Waals surface area contributed by atoms with Crippen molar-refractivity contribution in [3.63, 3.8) is 0 Å². The van der Waals surface area contributed by atoms with Gasteiger partial charge in [0.15, 0.2) is 0 Å². The summed E-state index contributed by atoms with van der Waals surface area (Å²) in [7, 11) is 3.15. The van der Waals surface area contributed by atoms with Gasteiger partial charge in [0.05, 0.1) is 18.1 Å². The minimum Gasteiger partial charge on any atom is -0.466 e. The quantitative estimate of drug-likeness (QED) is 0.0319. The third kappa shape index (κ3) is 14.6. The largest absolute Gasteiger partial charge is 0.466 e. The number of alkyl halides is 9. The molecule has 1 aliphatic carbocycles. The third-order valence-electron chi connectivity index (χ3n) is 8.59. The molecule has 0 aromatic heterocycles. The summed E-state index contributed by atoms with van der Waals surface area (Å²) in [5.41, 5.74) is 4.62. The Morgan fingerprint density at radius 2 is 1.65 bits per heavy atom. The van der Waals surface area contributed by atoms with Crippen molar-refractivity contribution in [1.82, 2.24) is 14.9 Å². The molecule has 8 nitrogen and oxygen atoms in total. The number of hydrogen-bond donors (Lipinski definition) is 2. The van der Waals surface area contributed by atoms with Crippen molar-refractivity contribution in [2.45, 2.75) is 96.2 Å². The molecule has 0 radical (unpaired) electrons. The van der Waals surface area contributed by atoms with Crippen LogP contribution in [0, 0.1) is 5.92 Å². The highest BCUT2D eigenvalue weighted by atomic mass is 19.4. The number of guanidine groups is 1. The summed E-state index contributed by atoms with van der Waals surface area (Å²) in [5, 5.41) is 4.67. The zero-order chi connectivity index (χ0) is 38.6. The summed E-state index contributed by atoms with van der Waals surface area (Å²) in [6, 6.07) is 3.08. The van der Waals surface area contributed by atoms with Crippen LogP contribution in [0.15, 0.2) is 46.6 Å². The number of unbranched alkanes of at least 4 members (excludes halogenated alkanes) is 3. The molecule has 0 fully saturated rings. The van der Waals surface area contributed by atoms with Gasteiger partial charge in [-0.25, -0.2) is 11.0 Å². The van der Waals surface area contributed by atoms with E-state index in [0.717, 1.165) is 42.6 Å². The highest BCUT2D eigenvalue weighted by Gasteiger charge is 2.42. The molecular weight excluding hydrogens is 695 g/mol. The normalized spacial score (nSPS) is 16.8. The van der Waals surface area contributed by atoms with Crippen molar-refractivity contribution < 1.29 is 49.0 Å². The zero-order valence-electron chi connectivity index (χ0n) is 29.4. The fourth-order valence-corrected chi connectivity index (χ4v) is 6.02. The second-order valence-corrected chi connectivity index (χ2v) is 12.6. The van der Waals surface area contributed by atoms with E-state index in [9.17, 15) is 44.3 Å².